The lowest BCUT2D eigenvalue weighted by Crippen LogP contribution is -2.28. The molecule has 0 aliphatic heterocycles. The summed E-state index contributed by atoms with van der Waals surface area (Å²) >= 11 is 0. The second kappa shape index (κ2) is 8.11. The second-order valence-corrected chi connectivity index (χ2v) is 5.74. The van der Waals surface area contributed by atoms with E-state index in [9.17, 15) is 5.11 Å². The van der Waals surface area contributed by atoms with E-state index in [2.05, 4.69) is 6.92 Å². The van der Waals surface area contributed by atoms with E-state index in [0.29, 0.717) is 12.0 Å². The maximum atomic E-state index is 9.58. The molecule has 0 aromatic carbocycles. The summed E-state index contributed by atoms with van der Waals surface area (Å²) in [6.45, 7) is 2.70. The molecule has 0 atom stereocenters. The van der Waals surface area contributed by atoms with Crippen LogP contribution >= 0.6 is 0 Å². The first kappa shape index (κ1) is 14.0. The summed E-state index contributed by atoms with van der Waals surface area (Å²) in [5.74, 6) is 0. The van der Waals surface area contributed by atoms with Crippen molar-refractivity contribution in [2.45, 2.75) is 84.0 Å². The molecule has 0 saturated heterocycles. The lowest BCUT2D eigenvalue weighted by Gasteiger charge is -2.35. The van der Waals surface area contributed by atoms with Crippen LogP contribution in [0.15, 0.2) is 0 Å². The third kappa shape index (κ3) is 4.86. The molecule has 1 nitrogen and oxygen atoms in total. The predicted molar refractivity (Wildman–Crippen MR) is 70.6 cm³/mol. The van der Waals surface area contributed by atoms with Crippen LogP contribution in [0.5, 0.6) is 0 Å². The smallest absolute Gasteiger partial charge is 0.0487 e. The Morgan fingerprint density at radius 2 is 1.50 bits per heavy atom. The van der Waals surface area contributed by atoms with E-state index in [-0.39, 0.29) is 0 Å². The van der Waals surface area contributed by atoms with Crippen molar-refractivity contribution in [3.05, 3.63) is 0 Å². The molecule has 0 radical (unpaired) electrons. The molecule has 1 fully saturated rings. The Hall–Kier alpha value is -0.0400. The molecule has 16 heavy (non-hydrogen) atoms. The molecule has 0 unspecified atom stereocenters. The summed E-state index contributed by atoms with van der Waals surface area (Å²) in [6, 6.07) is 0. The van der Waals surface area contributed by atoms with Gasteiger partial charge in [-0.25, -0.2) is 0 Å². The van der Waals surface area contributed by atoms with Gasteiger partial charge in [0.05, 0.1) is 0 Å². The first-order valence-corrected chi connectivity index (χ1v) is 7.44. The van der Waals surface area contributed by atoms with E-state index in [4.69, 9.17) is 0 Å². The molecule has 96 valence electrons. The molecular weight excluding hydrogens is 196 g/mol. The fourth-order valence-electron chi connectivity index (χ4n) is 3.07. The van der Waals surface area contributed by atoms with Gasteiger partial charge in [0.2, 0.25) is 0 Å². The Morgan fingerprint density at radius 3 is 2.12 bits per heavy atom. The van der Waals surface area contributed by atoms with Gasteiger partial charge in [-0.2, -0.15) is 0 Å². The van der Waals surface area contributed by atoms with Gasteiger partial charge in [0.15, 0.2) is 0 Å². The third-order valence-corrected chi connectivity index (χ3v) is 4.31. The Balaban J connectivity index is 2.08. The normalized spacial score (nSPS) is 19.9. The zero-order chi connectivity index (χ0) is 11.7. The number of rotatable bonds is 8. The summed E-state index contributed by atoms with van der Waals surface area (Å²) in [5, 5.41) is 9.58. The zero-order valence-electron chi connectivity index (χ0n) is 11.1. The quantitative estimate of drug-likeness (QED) is 0.596. The molecule has 1 aliphatic rings. The summed E-state index contributed by atoms with van der Waals surface area (Å²) in [4.78, 5) is 0. The molecule has 0 amide bonds. The molecule has 1 saturated carbocycles. The van der Waals surface area contributed by atoms with Crippen LogP contribution in [0.4, 0.5) is 0 Å². The van der Waals surface area contributed by atoms with E-state index in [0.717, 1.165) is 0 Å². The zero-order valence-corrected chi connectivity index (χ0v) is 11.1. The van der Waals surface area contributed by atoms with Crippen molar-refractivity contribution >= 4 is 0 Å². The molecule has 1 N–H and O–H groups in total. The van der Waals surface area contributed by atoms with E-state index in [1.54, 1.807) is 0 Å². The SMILES string of the molecule is CCCCCCCCC1(CO)CCCCC1. The van der Waals surface area contributed by atoms with Crippen molar-refractivity contribution in [1.29, 1.82) is 0 Å². The molecule has 1 heteroatoms. The number of aliphatic hydroxyl groups is 1. The topological polar surface area (TPSA) is 20.2 Å². The Morgan fingerprint density at radius 1 is 0.875 bits per heavy atom. The fourth-order valence-corrected chi connectivity index (χ4v) is 3.07. The lowest BCUT2D eigenvalue weighted by atomic mass is 9.71. The van der Waals surface area contributed by atoms with Crippen molar-refractivity contribution in [2.75, 3.05) is 6.61 Å². The van der Waals surface area contributed by atoms with Gasteiger partial charge in [0.25, 0.3) is 0 Å². The average Bonchev–Trinajstić information content (AvgIpc) is 2.35. The van der Waals surface area contributed by atoms with E-state index in [1.165, 1.54) is 77.0 Å². The largest absolute Gasteiger partial charge is 0.396 e. The van der Waals surface area contributed by atoms with Crippen molar-refractivity contribution in [3.8, 4) is 0 Å². The van der Waals surface area contributed by atoms with Gasteiger partial charge in [-0.05, 0) is 24.7 Å². The van der Waals surface area contributed by atoms with Crippen molar-refractivity contribution in [3.63, 3.8) is 0 Å². The molecule has 0 aromatic rings. The summed E-state index contributed by atoms with van der Waals surface area (Å²) in [5.41, 5.74) is 0.322. The number of hydrogen-bond acceptors (Lipinski definition) is 1. The third-order valence-electron chi connectivity index (χ3n) is 4.31. The van der Waals surface area contributed by atoms with Crippen LogP contribution in [-0.4, -0.2) is 11.7 Å². The first-order valence-electron chi connectivity index (χ1n) is 7.44. The molecular formula is C15H30O. The summed E-state index contributed by atoms with van der Waals surface area (Å²) < 4.78 is 0. The monoisotopic (exact) mass is 226 g/mol. The standard InChI is InChI=1S/C15H30O/c1-2-3-4-5-6-8-11-15(14-16)12-9-7-10-13-15/h16H,2-14H2,1H3. The lowest BCUT2D eigenvalue weighted by molar-refractivity contribution is 0.0706. The van der Waals surface area contributed by atoms with Gasteiger partial charge >= 0.3 is 0 Å². The molecule has 0 spiro atoms. The maximum absolute atomic E-state index is 9.58. The first-order chi connectivity index (χ1) is 7.83. The van der Waals surface area contributed by atoms with Crippen LogP contribution < -0.4 is 0 Å². The minimum atomic E-state index is 0.322. The highest BCUT2D eigenvalue weighted by molar-refractivity contribution is 4.82. The predicted octanol–water partition coefficient (Wildman–Crippen LogP) is 4.68. The number of aliphatic hydroxyl groups excluding tert-OH is 1. The average molecular weight is 226 g/mol. The van der Waals surface area contributed by atoms with Crippen molar-refractivity contribution < 1.29 is 5.11 Å². The van der Waals surface area contributed by atoms with Gasteiger partial charge in [0.1, 0.15) is 0 Å². The highest BCUT2D eigenvalue weighted by Crippen LogP contribution is 2.40. The Kier molecular flexibility index (Phi) is 7.11. The van der Waals surface area contributed by atoms with Crippen molar-refractivity contribution in [2.24, 2.45) is 5.41 Å². The molecule has 0 heterocycles. The van der Waals surface area contributed by atoms with Crippen LogP contribution in [-0.2, 0) is 0 Å². The van der Waals surface area contributed by atoms with Gasteiger partial charge in [-0.3, -0.25) is 0 Å². The minimum Gasteiger partial charge on any atom is -0.396 e. The highest BCUT2D eigenvalue weighted by atomic mass is 16.3. The number of hydrogen-bond donors (Lipinski definition) is 1. The van der Waals surface area contributed by atoms with Crippen LogP contribution in [0.1, 0.15) is 84.0 Å². The van der Waals surface area contributed by atoms with E-state index in [1.807, 2.05) is 0 Å². The molecule has 0 bridgehead atoms. The Bertz CT molecular complexity index is 159. The van der Waals surface area contributed by atoms with Gasteiger partial charge in [0, 0.05) is 6.61 Å². The second-order valence-electron chi connectivity index (χ2n) is 5.74. The van der Waals surface area contributed by atoms with E-state index >= 15 is 0 Å². The van der Waals surface area contributed by atoms with Crippen LogP contribution in [0.25, 0.3) is 0 Å². The van der Waals surface area contributed by atoms with Crippen LogP contribution in [0.2, 0.25) is 0 Å². The summed E-state index contributed by atoms with van der Waals surface area (Å²) in [7, 11) is 0. The van der Waals surface area contributed by atoms with Gasteiger partial charge in [-0.15, -0.1) is 0 Å². The maximum Gasteiger partial charge on any atom is 0.0487 e. The summed E-state index contributed by atoms with van der Waals surface area (Å²) in [6.07, 6.45) is 16.1. The van der Waals surface area contributed by atoms with Gasteiger partial charge < -0.3 is 5.11 Å². The Labute approximate surface area is 102 Å². The van der Waals surface area contributed by atoms with Crippen LogP contribution in [0.3, 0.4) is 0 Å². The minimum absolute atomic E-state index is 0.322. The molecule has 1 aliphatic carbocycles. The highest BCUT2D eigenvalue weighted by Gasteiger charge is 2.30. The van der Waals surface area contributed by atoms with Crippen molar-refractivity contribution in [1.82, 2.24) is 0 Å². The molecule has 0 aromatic heterocycles. The van der Waals surface area contributed by atoms with Crippen LogP contribution in [0, 0.1) is 5.41 Å². The van der Waals surface area contributed by atoms with Gasteiger partial charge in [-0.1, -0.05) is 64.7 Å². The number of unbranched alkanes of at least 4 members (excludes halogenated alkanes) is 5. The fraction of sp³-hybridized carbons (Fsp3) is 1.00. The molecule has 1 rings (SSSR count). The van der Waals surface area contributed by atoms with E-state index < -0.39 is 0 Å².